The van der Waals surface area contributed by atoms with Crippen molar-refractivity contribution >= 4 is 29.9 Å². The van der Waals surface area contributed by atoms with Gasteiger partial charge in [0.25, 0.3) is 0 Å². The summed E-state index contributed by atoms with van der Waals surface area (Å²) in [6.07, 6.45) is 4.28. The molecule has 8 heteroatoms. The third-order valence-corrected chi connectivity index (χ3v) is 5.13. The minimum atomic E-state index is 0. The summed E-state index contributed by atoms with van der Waals surface area (Å²) in [5.41, 5.74) is 3.35. The van der Waals surface area contributed by atoms with Gasteiger partial charge in [-0.1, -0.05) is 30.3 Å². The Labute approximate surface area is 200 Å². The second kappa shape index (κ2) is 11.1. The average molecular weight is 532 g/mol. The van der Waals surface area contributed by atoms with Crippen LogP contribution >= 0.6 is 24.0 Å². The van der Waals surface area contributed by atoms with E-state index in [0.29, 0.717) is 19.0 Å². The van der Waals surface area contributed by atoms with Crippen LogP contribution in [-0.2, 0) is 13.1 Å². The first-order chi connectivity index (χ1) is 14.7. The number of aromatic nitrogens is 3. The Kier molecular flexibility index (Phi) is 8.27. The molecule has 1 aliphatic rings. The Morgan fingerprint density at radius 1 is 1.13 bits per heavy atom. The molecular weight excluding hydrogens is 503 g/mol. The molecule has 3 aromatic rings. The standard InChI is InChI=1S/C23H28N6O.HI/c1-17-8-11-19(21(12-17)30-15-18-9-10-18)13-25-23(24-2)26-14-22-28-27-16-29(22)20-6-4-3-5-7-20;/h3-8,11-12,16,18H,9-10,13-15H2,1-2H3,(H2,24,25,26);1H. The summed E-state index contributed by atoms with van der Waals surface area (Å²) in [6, 6.07) is 16.4. The molecule has 0 bridgehead atoms. The lowest BCUT2D eigenvalue weighted by Crippen LogP contribution is -2.37. The quantitative estimate of drug-likeness (QED) is 0.262. The van der Waals surface area contributed by atoms with Gasteiger partial charge in [-0.15, -0.1) is 34.2 Å². The molecular formula is C23H29IN6O. The number of guanidine groups is 1. The van der Waals surface area contributed by atoms with Crippen LogP contribution in [-0.4, -0.2) is 34.4 Å². The predicted molar refractivity (Wildman–Crippen MR) is 133 cm³/mol. The zero-order valence-electron chi connectivity index (χ0n) is 17.9. The van der Waals surface area contributed by atoms with Crippen LogP contribution in [0.4, 0.5) is 0 Å². The fourth-order valence-corrected chi connectivity index (χ4v) is 3.18. The zero-order chi connectivity index (χ0) is 20.8. The predicted octanol–water partition coefficient (Wildman–Crippen LogP) is 3.85. The second-order valence-electron chi connectivity index (χ2n) is 7.60. The number of hydrogen-bond donors (Lipinski definition) is 2. The van der Waals surface area contributed by atoms with E-state index >= 15 is 0 Å². The molecule has 31 heavy (non-hydrogen) atoms. The first kappa shape index (κ1) is 23.1. The summed E-state index contributed by atoms with van der Waals surface area (Å²) in [5, 5.41) is 15.0. The fraction of sp³-hybridized carbons (Fsp3) is 0.348. The van der Waals surface area contributed by atoms with Crippen molar-refractivity contribution in [1.82, 2.24) is 25.4 Å². The molecule has 1 fully saturated rings. The summed E-state index contributed by atoms with van der Waals surface area (Å²) in [5.74, 6) is 3.19. The van der Waals surface area contributed by atoms with Crippen molar-refractivity contribution < 1.29 is 4.74 Å². The SMILES string of the molecule is CN=C(NCc1ccc(C)cc1OCC1CC1)NCc1nncn1-c1ccccc1.I. The normalized spacial score (nSPS) is 13.4. The summed E-state index contributed by atoms with van der Waals surface area (Å²) < 4.78 is 8.03. The van der Waals surface area contributed by atoms with Gasteiger partial charge in [-0.3, -0.25) is 9.56 Å². The topological polar surface area (TPSA) is 76.4 Å². The zero-order valence-corrected chi connectivity index (χ0v) is 20.2. The Morgan fingerprint density at radius 3 is 2.65 bits per heavy atom. The monoisotopic (exact) mass is 532 g/mol. The van der Waals surface area contributed by atoms with Crippen molar-refractivity contribution in [2.75, 3.05) is 13.7 Å². The van der Waals surface area contributed by atoms with Gasteiger partial charge in [0.1, 0.15) is 12.1 Å². The van der Waals surface area contributed by atoms with E-state index in [-0.39, 0.29) is 24.0 Å². The van der Waals surface area contributed by atoms with Gasteiger partial charge in [-0.25, -0.2) is 0 Å². The van der Waals surface area contributed by atoms with Gasteiger partial charge in [0.15, 0.2) is 11.8 Å². The largest absolute Gasteiger partial charge is 0.493 e. The number of rotatable bonds is 8. The molecule has 1 saturated carbocycles. The molecule has 4 rings (SSSR count). The maximum atomic E-state index is 6.07. The molecule has 1 aliphatic carbocycles. The third kappa shape index (κ3) is 6.43. The summed E-state index contributed by atoms with van der Waals surface area (Å²) in [7, 11) is 1.76. The van der Waals surface area contributed by atoms with Gasteiger partial charge in [-0.2, -0.15) is 0 Å². The Balaban J connectivity index is 0.00000272. The van der Waals surface area contributed by atoms with Crippen molar-refractivity contribution in [3.8, 4) is 11.4 Å². The van der Waals surface area contributed by atoms with E-state index in [4.69, 9.17) is 4.74 Å². The number of halogens is 1. The molecule has 0 spiro atoms. The number of ether oxygens (including phenoxy) is 1. The van der Waals surface area contributed by atoms with E-state index < -0.39 is 0 Å². The minimum Gasteiger partial charge on any atom is -0.493 e. The van der Waals surface area contributed by atoms with Crippen LogP contribution in [0.2, 0.25) is 0 Å². The molecule has 7 nitrogen and oxygen atoms in total. The number of nitrogens with zero attached hydrogens (tertiary/aromatic N) is 4. The summed E-state index contributed by atoms with van der Waals surface area (Å²) >= 11 is 0. The van der Waals surface area contributed by atoms with Crippen molar-refractivity contribution in [2.45, 2.75) is 32.9 Å². The molecule has 0 radical (unpaired) electrons. The van der Waals surface area contributed by atoms with Crippen molar-refractivity contribution in [1.29, 1.82) is 0 Å². The molecule has 0 amide bonds. The van der Waals surface area contributed by atoms with E-state index in [1.54, 1.807) is 13.4 Å². The van der Waals surface area contributed by atoms with Gasteiger partial charge in [0, 0.05) is 24.8 Å². The first-order valence-corrected chi connectivity index (χ1v) is 10.3. The lowest BCUT2D eigenvalue weighted by molar-refractivity contribution is 0.296. The van der Waals surface area contributed by atoms with Crippen molar-refractivity contribution in [3.63, 3.8) is 0 Å². The first-order valence-electron chi connectivity index (χ1n) is 10.3. The summed E-state index contributed by atoms with van der Waals surface area (Å²) in [6.45, 7) is 4.03. The van der Waals surface area contributed by atoms with Gasteiger partial charge in [0.05, 0.1) is 13.2 Å². The Hall–Kier alpha value is -2.62. The molecule has 2 N–H and O–H groups in total. The van der Waals surface area contributed by atoms with Crippen LogP contribution in [0.3, 0.4) is 0 Å². The molecule has 0 saturated heterocycles. The highest BCUT2D eigenvalue weighted by molar-refractivity contribution is 14.0. The molecule has 0 unspecified atom stereocenters. The smallest absolute Gasteiger partial charge is 0.191 e. The Morgan fingerprint density at radius 2 is 1.90 bits per heavy atom. The van der Waals surface area contributed by atoms with E-state index in [9.17, 15) is 0 Å². The van der Waals surface area contributed by atoms with Crippen molar-refractivity contribution in [3.05, 3.63) is 71.8 Å². The second-order valence-corrected chi connectivity index (χ2v) is 7.60. The highest BCUT2D eigenvalue weighted by Crippen LogP contribution is 2.30. The highest BCUT2D eigenvalue weighted by Gasteiger charge is 2.22. The van der Waals surface area contributed by atoms with Crippen LogP contribution in [0.5, 0.6) is 5.75 Å². The van der Waals surface area contributed by atoms with Crippen LogP contribution in [0.25, 0.3) is 5.69 Å². The molecule has 2 aromatic carbocycles. The van der Waals surface area contributed by atoms with Gasteiger partial charge in [0.2, 0.25) is 0 Å². The summed E-state index contributed by atoms with van der Waals surface area (Å²) in [4.78, 5) is 4.33. The number of aliphatic imine (C=N–C) groups is 1. The van der Waals surface area contributed by atoms with Crippen LogP contribution in [0, 0.1) is 12.8 Å². The molecule has 1 heterocycles. The number of para-hydroxylation sites is 1. The lowest BCUT2D eigenvalue weighted by atomic mass is 10.1. The van der Waals surface area contributed by atoms with E-state index in [1.165, 1.54) is 18.4 Å². The van der Waals surface area contributed by atoms with Crippen LogP contribution < -0.4 is 15.4 Å². The maximum absolute atomic E-state index is 6.07. The van der Waals surface area contributed by atoms with Gasteiger partial charge in [-0.05, 0) is 49.4 Å². The van der Waals surface area contributed by atoms with E-state index in [0.717, 1.165) is 35.3 Å². The average Bonchev–Trinajstić information content (AvgIpc) is 3.49. The van der Waals surface area contributed by atoms with Crippen LogP contribution in [0.15, 0.2) is 59.9 Å². The van der Waals surface area contributed by atoms with E-state index in [1.807, 2.05) is 34.9 Å². The fourth-order valence-electron chi connectivity index (χ4n) is 3.18. The third-order valence-electron chi connectivity index (χ3n) is 5.13. The number of hydrogen-bond acceptors (Lipinski definition) is 4. The van der Waals surface area contributed by atoms with Crippen LogP contribution in [0.1, 0.15) is 29.8 Å². The molecule has 0 atom stereocenters. The Bertz CT molecular complexity index is 1000. The molecule has 1 aromatic heterocycles. The van der Waals surface area contributed by atoms with Crippen molar-refractivity contribution in [2.24, 2.45) is 10.9 Å². The number of nitrogens with one attached hydrogen (secondary N) is 2. The molecule has 0 aliphatic heterocycles. The maximum Gasteiger partial charge on any atom is 0.191 e. The van der Waals surface area contributed by atoms with E-state index in [2.05, 4.69) is 50.9 Å². The van der Waals surface area contributed by atoms with Gasteiger partial charge < -0.3 is 15.4 Å². The number of benzene rings is 2. The highest BCUT2D eigenvalue weighted by atomic mass is 127. The minimum absolute atomic E-state index is 0. The number of aryl methyl sites for hydroxylation is 1. The lowest BCUT2D eigenvalue weighted by Gasteiger charge is -2.15. The van der Waals surface area contributed by atoms with Gasteiger partial charge >= 0.3 is 0 Å². The molecule has 164 valence electrons.